The molecule has 144 valence electrons. The smallest absolute Gasteiger partial charge is 0.243 e. The molecular formula is C19H24N4O3S. The van der Waals surface area contributed by atoms with E-state index in [4.69, 9.17) is 0 Å². The minimum absolute atomic E-state index is 0.207. The van der Waals surface area contributed by atoms with Gasteiger partial charge in [0.05, 0.1) is 10.6 Å². The molecule has 0 aliphatic carbocycles. The SMILES string of the molecule is C=CC(=O)NC1CCCCN(S(=O)(=O)c2ccc(-c3ccnn3C)cc2)C1. The highest BCUT2D eigenvalue weighted by Gasteiger charge is 2.29. The van der Waals surface area contributed by atoms with E-state index in [1.165, 1.54) is 10.4 Å². The average Bonchev–Trinajstić information content (AvgIpc) is 2.95. The molecule has 1 aliphatic rings. The van der Waals surface area contributed by atoms with E-state index in [2.05, 4.69) is 17.0 Å². The van der Waals surface area contributed by atoms with Gasteiger partial charge in [-0.25, -0.2) is 8.42 Å². The van der Waals surface area contributed by atoms with Gasteiger partial charge in [-0.05, 0) is 42.7 Å². The largest absolute Gasteiger partial charge is 0.349 e. The van der Waals surface area contributed by atoms with Crippen molar-refractivity contribution in [1.82, 2.24) is 19.4 Å². The number of nitrogens with one attached hydrogen (secondary N) is 1. The van der Waals surface area contributed by atoms with Crippen molar-refractivity contribution in [3.8, 4) is 11.3 Å². The summed E-state index contributed by atoms with van der Waals surface area (Å²) < 4.78 is 29.4. The van der Waals surface area contributed by atoms with Crippen molar-refractivity contribution >= 4 is 15.9 Å². The Morgan fingerprint density at radius 1 is 1.26 bits per heavy atom. The fraction of sp³-hybridized carbons (Fsp3) is 0.368. The number of hydrogen-bond acceptors (Lipinski definition) is 4. The third-order valence-electron chi connectivity index (χ3n) is 4.77. The molecule has 1 aliphatic heterocycles. The maximum atomic E-state index is 13.1. The minimum Gasteiger partial charge on any atom is -0.349 e. The molecule has 27 heavy (non-hydrogen) atoms. The molecule has 1 aromatic carbocycles. The van der Waals surface area contributed by atoms with E-state index < -0.39 is 10.0 Å². The van der Waals surface area contributed by atoms with Gasteiger partial charge in [-0.15, -0.1) is 0 Å². The molecule has 3 rings (SSSR count). The second-order valence-corrected chi connectivity index (χ2v) is 8.57. The highest BCUT2D eigenvalue weighted by Crippen LogP contribution is 2.24. The molecule has 1 unspecified atom stereocenters. The first-order valence-electron chi connectivity index (χ1n) is 8.93. The Balaban J connectivity index is 1.81. The van der Waals surface area contributed by atoms with Crippen LogP contribution in [0.15, 0.2) is 54.1 Å². The summed E-state index contributed by atoms with van der Waals surface area (Å²) in [4.78, 5) is 11.8. The molecule has 1 fully saturated rings. The normalized spacial score (nSPS) is 18.6. The molecule has 1 saturated heterocycles. The predicted octanol–water partition coefficient (Wildman–Crippen LogP) is 1.93. The van der Waals surface area contributed by atoms with Gasteiger partial charge in [0.15, 0.2) is 0 Å². The van der Waals surface area contributed by atoms with Gasteiger partial charge >= 0.3 is 0 Å². The Morgan fingerprint density at radius 3 is 2.63 bits per heavy atom. The predicted molar refractivity (Wildman–Crippen MR) is 103 cm³/mol. The zero-order valence-electron chi connectivity index (χ0n) is 15.3. The lowest BCUT2D eigenvalue weighted by Gasteiger charge is -2.24. The molecule has 0 radical (unpaired) electrons. The van der Waals surface area contributed by atoms with Crippen molar-refractivity contribution in [2.75, 3.05) is 13.1 Å². The summed E-state index contributed by atoms with van der Waals surface area (Å²) in [5, 5.41) is 6.96. The lowest BCUT2D eigenvalue weighted by Crippen LogP contribution is -2.44. The third kappa shape index (κ3) is 4.28. The zero-order valence-corrected chi connectivity index (χ0v) is 16.2. The number of rotatable bonds is 5. The summed E-state index contributed by atoms with van der Waals surface area (Å²) in [6.45, 7) is 4.17. The first kappa shape index (κ1) is 19.3. The van der Waals surface area contributed by atoms with E-state index in [0.29, 0.717) is 6.54 Å². The number of carbonyl (C=O) groups is 1. The minimum atomic E-state index is -3.62. The van der Waals surface area contributed by atoms with Crippen LogP contribution >= 0.6 is 0 Å². The number of carbonyl (C=O) groups excluding carboxylic acids is 1. The first-order chi connectivity index (χ1) is 12.9. The van der Waals surface area contributed by atoms with E-state index in [0.717, 1.165) is 30.5 Å². The molecule has 1 atom stereocenters. The number of hydrogen-bond donors (Lipinski definition) is 1. The third-order valence-corrected chi connectivity index (χ3v) is 6.65. The fourth-order valence-electron chi connectivity index (χ4n) is 3.31. The van der Waals surface area contributed by atoms with Crippen LogP contribution in [0.5, 0.6) is 0 Å². The Hall–Kier alpha value is -2.45. The molecule has 2 heterocycles. The number of aryl methyl sites for hydroxylation is 1. The van der Waals surface area contributed by atoms with Gasteiger partial charge in [0, 0.05) is 32.4 Å². The van der Waals surface area contributed by atoms with Crippen LogP contribution < -0.4 is 5.32 Å². The van der Waals surface area contributed by atoms with Gasteiger partial charge < -0.3 is 5.32 Å². The maximum absolute atomic E-state index is 13.1. The van der Waals surface area contributed by atoms with Crippen molar-refractivity contribution in [1.29, 1.82) is 0 Å². The lowest BCUT2D eigenvalue weighted by molar-refractivity contribution is -0.117. The van der Waals surface area contributed by atoms with Crippen molar-refractivity contribution in [2.24, 2.45) is 7.05 Å². The molecule has 0 saturated carbocycles. The van der Waals surface area contributed by atoms with Gasteiger partial charge in [-0.3, -0.25) is 9.48 Å². The highest BCUT2D eigenvalue weighted by atomic mass is 32.2. The van der Waals surface area contributed by atoms with Crippen LogP contribution in [0, 0.1) is 0 Å². The Labute approximate surface area is 159 Å². The molecule has 7 nitrogen and oxygen atoms in total. The van der Waals surface area contributed by atoms with Crippen molar-refractivity contribution in [2.45, 2.75) is 30.2 Å². The first-order valence-corrected chi connectivity index (χ1v) is 10.4. The maximum Gasteiger partial charge on any atom is 0.243 e. The van der Waals surface area contributed by atoms with Gasteiger partial charge in [0.1, 0.15) is 0 Å². The zero-order chi connectivity index (χ0) is 19.4. The van der Waals surface area contributed by atoms with Crippen LogP contribution in [-0.2, 0) is 21.9 Å². The van der Waals surface area contributed by atoms with Gasteiger partial charge in [0.2, 0.25) is 15.9 Å². The Morgan fingerprint density at radius 2 is 2.00 bits per heavy atom. The summed E-state index contributed by atoms with van der Waals surface area (Å²) in [6.07, 6.45) is 5.31. The van der Waals surface area contributed by atoms with Gasteiger partial charge in [-0.2, -0.15) is 9.40 Å². The molecule has 0 spiro atoms. The van der Waals surface area contributed by atoms with E-state index in [1.807, 2.05) is 13.1 Å². The van der Waals surface area contributed by atoms with Crippen LogP contribution in [0.2, 0.25) is 0 Å². The van der Waals surface area contributed by atoms with E-state index in [9.17, 15) is 13.2 Å². The molecule has 0 bridgehead atoms. The molecule has 8 heteroatoms. The van der Waals surface area contributed by atoms with Crippen molar-refractivity contribution in [3.63, 3.8) is 0 Å². The van der Waals surface area contributed by atoms with E-state index in [-0.39, 0.29) is 23.4 Å². The number of aromatic nitrogens is 2. The quantitative estimate of drug-likeness (QED) is 0.794. The van der Waals surface area contributed by atoms with Crippen LogP contribution in [0.1, 0.15) is 19.3 Å². The molecule has 1 N–H and O–H groups in total. The van der Waals surface area contributed by atoms with Crippen LogP contribution in [0.4, 0.5) is 0 Å². The van der Waals surface area contributed by atoms with Crippen molar-refractivity contribution < 1.29 is 13.2 Å². The van der Waals surface area contributed by atoms with Crippen LogP contribution in [0.25, 0.3) is 11.3 Å². The molecule has 1 amide bonds. The summed E-state index contributed by atoms with van der Waals surface area (Å²) in [6, 6.07) is 8.50. The fourth-order valence-corrected chi connectivity index (χ4v) is 4.83. The van der Waals surface area contributed by atoms with Crippen LogP contribution in [-0.4, -0.2) is 47.5 Å². The van der Waals surface area contributed by atoms with Gasteiger partial charge in [-0.1, -0.05) is 25.1 Å². The lowest BCUT2D eigenvalue weighted by atomic mass is 10.1. The second-order valence-electron chi connectivity index (χ2n) is 6.63. The summed E-state index contributed by atoms with van der Waals surface area (Å²) in [5.41, 5.74) is 1.82. The van der Waals surface area contributed by atoms with Gasteiger partial charge in [0.25, 0.3) is 0 Å². The average molecular weight is 388 g/mol. The molecular weight excluding hydrogens is 364 g/mol. The Kier molecular flexibility index (Phi) is 5.76. The van der Waals surface area contributed by atoms with E-state index >= 15 is 0 Å². The number of amides is 1. The van der Waals surface area contributed by atoms with Crippen LogP contribution in [0.3, 0.4) is 0 Å². The Bertz CT molecular complexity index is 919. The molecule has 1 aromatic heterocycles. The second kappa shape index (κ2) is 8.06. The standard InChI is InChI=1S/C19H24N4O3S/c1-3-19(24)21-16-6-4-5-13-23(14-16)27(25,26)17-9-7-15(8-10-17)18-11-12-20-22(18)2/h3,7-12,16H,1,4-6,13-14H2,2H3,(H,21,24). The number of nitrogens with zero attached hydrogens (tertiary/aromatic N) is 3. The summed E-state index contributed by atoms with van der Waals surface area (Å²) in [7, 11) is -1.78. The monoisotopic (exact) mass is 388 g/mol. The summed E-state index contributed by atoms with van der Waals surface area (Å²) >= 11 is 0. The van der Waals surface area contributed by atoms with Crippen molar-refractivity contribution in [3.05, 3.63) is 49.2 Å². The number of sulfonamides is 1. The number of benzene rings is 1. The topological polar surface area (TPSA) is 84.3 Å². The molecule has 2 aromatic rings. The highest BCUT2D eigenvalue weighted by molar-refractivity contribution is 7.89. The van der Waals surface area contributed by atoms with E-state index in [1.54, 1.807) is 35.1 Å². The summed E-state index contributed by atoms with van der Waals surface area (Å²) in [5.74, 6) is -0.278.